The first-order valence-corrected chi connectivity index (χ1v) is 8.81. The summed E-state index contributed by atoms with van der Waals surface area (Å²) < 4.78 is 0. The van der Waals surface area contributed by atoms with Gasteiger partial charge in [0.25, 0.3) is 0 Å². The Morgan fingerprint density at radius 3 is 2.73 bits per heavy atom. The van der Waals surface area contributed by atoms with Crippen molar-refractivity contribution >= 4 is 11.3 Å². The highest BCUT2D eigenvalue weighted by Crippen LogP contribution is 2.25. The number of benzene rings is 1. The fourth-order valence-electron chi connectivity index (χ4n) is 2.49. The first-order valence-electron chi connectivity index (χ1n) is 7.94. The van der Waals surface area contributed by atoms with Crippen LogP contribution in [0.1, 0.15) is 22.6 Å². The largest absolute Gasteiger partial charge is 0.316 e. The summed E-state index contributed by atoms with van der Waals surface area (Å²) in [5.41, 5.74) is 4.98. The van der Waals surface area contributed by atoms with Crippen LogP contribution < -0.4 is 5.32 Å². The number of hydrogen-bond acceptors (Lipinski definition) is 4. The number of nitrogens with zero attached hydrogens (tertiary/aromatic N) is 2. The Morgan fingerprint density at radius 2 is 2.00 bits per heavy atom. The predicted octanol–water partition coefficient (Wildman–Crippen LogP) is 3.51. The van der Waals surface area contributed by atoms with Crippen molar-refractivity contribution in [3.05, 3.63) is 39.7 Å². The minimum absolute atomic E-state index is 1.01. The Morgan fingerprint density at radius 1 is 1.18 bits per heavy atom. The molecule has 3 nitrogen and oxygen atoms in total. The van der Waals surface area contributed by atoms with E-state index in [4.69, 9.17) is 4.98 Å². The molecule has 1 N–H and O–H groups in total. The minimum Gasteiger partial charge on any atom is -0.316 e. The number of nitrogens with one attached hydrogen (secondary N) is 1. The summed E-state index contributed by atoms with van der Waals surface area (Å²) in [5.74, 6) is 0. The molecule has 22 heavy (non-hydrogen) atoms. The van der Waals surface area contributed by atoms with E-state index in [0.717, 1.165) is 31.7 Å². The molecule has 0 aliphatic carbocycles. The molecule has 0 aliphatic rings. The Balaban J connectivity index is 1.81. The van der Waals surface area contributed by atoms with Gasteiger partial charge in [-0.1, -0.05) is 23.8 Å². The highest BCUT2D eigenvalue weighted by molar-refractivity contribution is 7.09. The summed E-state index contributed by atoms with van der Waals surface area (Å²) in [6, 6.07) is 6.57. The van der Waals surface area contributed by atoms with E-state index in [2.05, 4.69) is 61.7 Å². The zero-order valence-electron chi connectivity index (χ0n) is 14.1. The molecule has 0 fully saturated rings. The van der Waals surface area contributed by atoms with Gasteiger partial charge in [-0.05, 0) is 53.0 Å². The van der Waals surface area contributed by atoms with Crippen LogP contribution in [0.2, 0.25) is 0 Å². The highest BCUT2D eigenvalue weighted by atomic mass is 32.1. The lowest BCUT2D eigenvalue weighted by atomic mass is 10.0. The van der Waals surface area contributed by atoms with Gasteiger partial charge in [0.1, 0.15) is 0 Å². The summed E-state index contributed by atoms with van der Waals surface area (Å²) in [4.78, 5) is 7.01. The van der Waals surface area contributed by atoms with E-state index in [1.807, 2.05) is 0 Å². The molecule has 0 bridgehead atoms. The predicted molar refractivity (Wildman–Crippen MR) is 96.8 cm³/mol. The van der Waals surface area contributed by atoms with Gasteiger partial charge in [0, 0.05) is 23.9 Å². The molecule has 0 radical (unpaired) electrons. The van der Waals surface area contributed by atoms with Crippen LogP contribution in [0.15, 0.2) is 23.6 Å². The second-order valence-electron chi connectivity index (χ2n) is 6.10. The number of aromatic nitrogens is 1. The van der Waals surface area contributed by atoms with Crippen LogP contribution in [-0.2, 0) is 6.42 Å². The quantitative estimate of drug-likeness (QED) is 0.755. The van der Waals surface area contributed by atoms with Crippen molar-refractivity contribution in [3.8, 4) is 11.3 Å². The van der Waals surface area contributed by atoms with Crippen LogP contribution in [0.5, 0.6) is 0 Å². The fraction of sp³-hybridized carbons (Fsp3) is 0.500. The van der Waals surface area contributed by atoms with Crippen molar-refractivity contribution in [2.45, 2.75) is 26.7 Å². The number of thiazole rings is 1. The third kappa shape index (κ3) is 5.20. The summed E-state index contributed by atoms with van der Waals surface area (Å²) in [6.07, 6.45) is 2.20. The number of hydrogen-bond donors (Lipinski definition) is 1. The van der Waals surface area contributed by atoms with Gasteiger partial charge in [-0.25, -0.2) is 4.98 Å². The Hall–Kier alpha value is -1.23. The van der Waals surface area contributed by atoms with Gasteiger partial charge < -0.3 is 10.2 Å². The molecule has 0 saturated heterocycles. The van der Waals surface area contributed by atoms with Crippen molar-refractivity contribution in [2.24, 2.45) is 0 Å². The van der Waals surface area contributed by atoms with E-state index in [-0.39, 0.29) is 0 Å². The maximum atomic E-state index is 4.79. The average Bonchev–Trinajstić information content (AvgIpc) is 2.91. The summed E-state index contributed by atoms with van der Waals surface area (Å²) in [5, 5.41) is 6.89. The topological polar surface area (TPSA) is 28.2 Å². The Labute approximate surface area is 138 Å². The van der Waals surface area contributed by atoms with E-state index in [0.29, 0.717) is 0 Å². The van der Waals surface area contributed by atoms with Gasteiger partial charge in [0.2, 0.25) is 0 Å². The minimum atomic E-state index is 1.01. The molecule has 0 saturated carbocycles. The molecule has 0 spiro atoms. The third-order valence-electron chi connectivity index (χ3n) is 3.68. The Kier molecular flexibility index (Phi) is 6.55. The van der Waals surface area contributed by atoms with E-state index in [1.165, 1.54) is 28.1 Å². The molecule has 120 valence electrons. The van der Waals surface area contributed by atoms with Crippen LogP contribution in [-0.4, -0.2) is 43.6 Å². The lowest BCUT2D eigenvalue weighted by Gasteiger charge is -2.09. The molecule has 0 amide bonds. The van der Waals surface area contributed by atoms with E-state index in [1.54, 1.807) is 11.3 Å². The first kappa shape index (κ1) is 17.1. The third-order valence-corrected chi connectivity index (χ3v) is 4.59. The lowest BCUT2D eigenvalue weighted by Crippen LogP contribution is -2.23. The normalized spacial score (nSPS) is 11.3. The lowest BCUT2D eigenvalue weighted by molar-refractivity contribution is 0.395. The fourth-order valence-corrected chi connectivity index (χ4v) is 3.29. The summed E-state index contributed by atoms with van der Waals surface area (Å²) in [6.45, 7) is 7.51. The molecule has 4 heteroatoms. The second kappa shape index (κ2) is 8.42. The van der Waals surface area contributed by atoms with Crippen LogP contribution >= 0.6 is 11.3 Å². The molecule has 2 rings (SSSR count). The molecule has 1 heterocycles. The Bertz CT molecular complexity index is 590. The maximum absolute atomic E-state index is 4.79. The second-order valence-corrected chi connectivity index (χ2v) is 7.04. The molecule has 1 aromatic heterocycles. The summed E-state index contributed by atoms with van der Waals surface area (Å²) in [7, 11) is 4.23. The molecule has 2 aromatic rings. The molecule has 0 aliphatic heterocycles. The molecule has 1 aromatic carbocycles. The zero-order chi connectivity index (χ0) is 15.9. The van der Waals surface area contributed by atoms with Crippen molar-refractivity contribution in [1.29, 1.82) is 0 Å². The van der Waals surface area contributed by atoms with Gasteiger partial charge in [0.15, 0.2) is 0 Å². The smallest absolute Gasteiger partial charge is 0.0945 e. The van der Waals surface area contributed by atoms with Gasteiger partial charge in [-0.3, -0.25) is 0 Å². The molecule has 0 unspecified atom stereocenters. The van der Waals surface area contributed by atoms with Crippen molar-refractivity contribution < 1.29 is 0 Å². The average molecular weight is 318 g/mol. The van der Waals surface area contributed by atoms with Crippen LogP contribution in [0.3, 0.4) is 0 Å². The van der Waals surface area contributed by atoms with E-state index < -0.39 is 0 Å². The summed E-state index contributed by atoms with van der Waals surface area (Å²) >= 11 is 1.77. The first-order chi connectivity index (χ1) is 10.6. The van der Waals surface area contributed by atoms with Gasteiger partial charge in [0.05, 0.1) is 10.7 Å². The SMILES string of the molecule is Cc1ccc(-c2csc(CCNCCCN(C)C)n2)c(C)c1. The van der Waals surface area contributed by atoms with Crippen LogP contribution in [0, 0.1) is 13.8 Å². The van der Waals surface area contributed by atoms with Crippen molar-refractivity contribution in [1.82, 2.24) is 15.2 Å². The van der Waals surface area contributed by atoms with Gasteiger partial charge in [-0.2, -0.15) is 0 Å². The van der Waals surface area contributed by atoms with E-state index in [9.17, 15) is 0 Å². The van der Waals surface area contributed by atoms with Crippen molar-refractivity contribution in [3.63, 3.8) is 0 Å². The van der Waals surface area contributed by atoms with Crippen LogP contribution in [0.4, 0.5) is 0 Å². The molecular weight excluding hydrogens is 290 g/mol. The monoisotopic (exact) mass is 317 g/mol. The number of rotatable bonds is 8. The van der Waals surface area contributed by atoms with Gasteiger partial charge in [-0.15, -0.1) is 11.3 Å². The number of aryl methyl sites for hydroxylation is 2. The zero-order valence-corrected chi connectivity index (χ0v) is 15.0. The molecular formula is C18H27N3S. The van der Waals surface area contributed by atoms with Crippen LogP contribution in [0.25, 0.3) is 11.3 Å². The van der Waals surface area contributed by atoms with E-state index >= 15 is 0 Å². The highest BCUT2D eigenvalue weighted by Gasteiger charge is 2.07. The maximum Gasteiger partial charge on any atom is 0.0945 e. The van der Waals surface area contributed by atoms with Gasteiger partial charge >= 0.3 is 0 Å². The van der Waals surface area contributed by atoms with Crippen molar-refractivity contribution in [2.75, 3.05) is 33.7 Å². The standard InChI is InChI=1S/C18H27N3S/c1-14-6-7-16(15(2)12-14)17-13-22-18(20-17)8-10-19-9-5-11-21(3)4/h6-7,12-13,19H,5,8-11H2,1-4H3. The molecule has 0 atom stereocenters.